The largest absolute Gasteiger partial charge is 0.324 e. The molecule has 1 aromatic carbocycles. The molecule has 3 N–H and O–H groups in total. The van der Waals surface area contributed by atoms with Gasteiger partial charge in [-0.15, -0.1) is 0 Å². The number of aromatic nitrogens is 1. The van der Waals surface area contributed by atoms with Crippen LogP contribution in [0.2, 0.25) is 0 Å². The van der Waals surface area contributed by atoms with Gasteiger partial charge in [-0.2, -0.15) is 0 Å². The number of nitrogens with one attached hydrogen (secondary N) is 1. The Hall–Kier alpha value is -1.94. The number of benzene rings is 1. The lowest BCUT2D eigenvalue weighted by Crippen LogP contribution is -2.34. The Morgan fingerprint density at radius 1 is 1.41 bits per heavy atom. The van der Waals surface area contributed by atoms with E-state index in [9.17, 15) is 4.79 Å². The zero-order valence-corrected chi connectivity index (χ0v) is 9.68. The van der Waals surface area contributed by atoms with E-state index in [1.54, 1.807) is 6.20 Å². The molecule has 0 aliphatic heterocycles. The topological polar surface area (TPSA) is 68.0 Å². The molecule has 4 nitrogen and oxygen atoms in total. The second-order valence-corrected chi connectivity index (χ2v) is 3.88. The highest BCUT2D eigenvalue weighted by atomic mass is 16.2. The molecule has 2 rings (SSSR count). The molecule has 88 valence electrons. The van der Waals surface area contributed by atoms with Gasteiger partial charge in [0.05, 0.1) is 17.2 Å². The average Bonchev–Trinajstić information content (AvgIpc) is 2.38. The molecule has 0 aliphatic carbocycles. The number of pyridine rings is 1. The third-order valence-corrected chi connectivity index (χ3v) is 2.68. The number of hydrogen-bond acceptors (Lipinski definition) is 3. The fourth-order valence-corrected chi connectivity index (χ4v) is 1.62. The van der Waals surface area contributed by atoms with Gasteiger partial charge in [-0.25, -0.2) is 0 Å². The number of hydrogen-bond donors (Lipinski definition) is 2. The van der Waals surface area contributed by atoms with Crippen LogP contribution in [-0.2, 0) is 4.79 Å². The van der Waals surface area contributed by atoms with Gasteiger partial charge < -0.3 is 11.1 Å². The van der Waals surface area contributed by atoms with Gasteiger partial charge >= 0.3 is 0 Å². The first-order chi connectivity index (χ1) is 8.22. The predicted molar refractivity (Wildman–Crippen MR) is 68.6 cm³/mol. The molecule has 0 bridgehead atoms. The number of rotatable bonds is 3. The fourth-order valence-electron chi connectivity index (χ4n) is 1.62. The van der Waals surface area contributed by atoms with Crippen molar-refractivity contribution in [3.63, 3.8) is 0 Å². The van der Waals surface area contributed by atoms with E-state index in [2.05, 4.69) is 10.3 Å². The number of nitrogens with two attached hydrogens (primary N) is 1. The smallest absolute Gasteiger partial charge is 0.241 e. The summed E-state index contributed by atoms with van der Waals surface area (Å²) in [6.07, 6.45) is 2.35. The van der Waals surface area contributed by atoms with Crippen LogP contribution in [0.4, 0.5) is 5.69 Å². The summed E-state index contributed by atoms with van der Waals surface area (Å²) in [5.74, 6) is -0.163. The van der Waals surface area contributed by atoms with Gasteiger partial charge in [0.1, 0.15) is 0 Å². The summed E-state index contributed by atoms with van der Waals surface area (Å²) >= 11 is 0. The minimum atomic E-state index is -0.470. The zero-order chi connectivity index (χ0) is 12.3. The fraction of sp³-hybridized carbons (Fsp3) is 0.231. The van der Waals surface area contributed by atoms with Crippen LogP contribution in [0.3, 0.4) is 0 Å². The molecular weight excluding hydrogens is 214 g/mol. The zero-order valence-electron chi connectivity index (χ0n) is 9.68. The monoisotopic (exact) mass is 229 g/mol. The van der Waals surface area contributed by atoms with Crippen molar-refractivity contribution in [2.24, 2.45) is 5.73 Å². The van der Waals surface area contributed by atoms with Gasteiger partial charge in [0.15, 0.2) is 0 Å². The number of amides is 1. The van der Waals surface area contributed by atoms with E-state index in [0.717, 1.165) is 16.6 Å². The van der Waals surface area contributed by atoms with Crippen molar-refractivity contribution >= 4 is 22.5 Å². The first-order valence-corrected chi connectivity index (χ1v) is 5.62. The van der Waals surface area contributed by atoms with Gasteiger partial charge in [-0.3, -0.25) is 9.78 Å². The third kappa shape index (κ3) is 2.42. The lowest BCUT2D eigenvalue weighted by Gasteiger charge is -2.11. The van der Waals surface area contributed by atoms with E-state index in [1.165, 1.54) is 0 Å². The Kier molecular flexibility index (Phi) is 3.35. The SMILES string of the molecule is CC[C@H](N)C(=O)Nc1cccc2ncccc12. The van der Waals surface area contributed by atoms with E-state index >= 15 is 0 Å². The van der Waals surface area contributed by atoms with Crippen molar-refractivity contribution in [1.29, 1.82) is 0 Å². The molecular formula is C13H15N3O. The van der Waals surface area contributed by atoms with Crippen molar-refractivity contribution in [2.75, 3.05) is 5.32 Å². The normalized spacial score (nSPS) is 12.4. The van der Waals surface area contributed by atoms with Gasteiger partial charge in [0.25, 0.3) is 0 Å². The van der Waals surface area contributed by atoms with Crippen LogP contribution >= 0.6 is 0 Å². The second kappa shape index (κ2) is 4.93. The van der Waals surface area contributed by atoms with Crippen LogP contribution in [0.15, 0.2) is 36.5 Å². The first kappa shape index (κ1) is 11.5. The first-order valence-electron chi connectivity index (χ1n) is 5.62. The standard InChI is InChI=1S/C13H15N3O/c1-2-10(14)13(17)16-12-7-3-6-11-9(12)5-4-8-15-11/h3-8,10H,2,14H2,1H3,(H,16,17)/t10-/m0/s1. The Labute approximate surface area is 99.8 Å². The van der Waals surface area contributed by atoms with E-state index in [-0.39, 0.29) is 5.91 Å². The van der Waals surface area contributed by atoms with Gasteiger partial charge in [-0.1, -0.05) is 13.0 Å². The molecule has 2 aromatic rings. The summed E-state index contributed by atoms with van der Waals surface area (Å²) in [4.78, 5) is 16.0. The summed E-state index contributed by atoms with van der Waals surface area (Å²) in [7, 11) is 0. The summed E-state index contributed by atoms with van der Waals surface area (Å²) in [5, 5.41) is 3.75. The van der Waals surface area contributed by atoms with Crippen molar-refractivity contribution in [3.05, 3.63) is 36.5 Å². The quantitative estimate of drug-likeness (QED) is 0.844. The minimum absolute atomic E-state index is 0.163. The number of carbonyl (C=O) groups excluding carboxylic acids is 1. The van der Waals surface area contributed by atoms with E-state index in [0.29, 0.717) is 6.42 Å². The molecule has 1 aromatic heterocycles. The van der Waals surface area contributed by atoms with Crippen molar-refractivity contribution in [2.45, 2.75) is 19.4 Å². The van der Waals surface area contributed by atoms with Crippen molar-refractivity contribution in [3.8, 4) is 0 Å². The molecule has 0 saturated carbocycles. The summed E-state index contributed by atoms with van der Waals surface area (Å²) < 4.78 is 0. The van der Waals surface area contributed by atoms with Gasteiger partial charge in [-0.05, 0) is 30.7 Å². The van der Waals surface area contributed by atoms with Gasteiger partial charge in [0, 0.05) is 11.6 Å². The molecule has 0 spiro atoms. The number of fused-ring (bicyclic) bond motifs is 1. The molecule has 0 fully saturated rings. The van der Waals surface area contributed by atoms with E-state index in [1.807, 2.05) is 37.3 Å². The van der Waals surface area contributed by atoms with Crippen LogP contribution in [0.5, 0.6) is 0 Å². The van der Waals surface area contributed by atoms with Crippen molar-refractivity contribution in [1.82, 2.24) is 4.98 Å². The molecule has 1 atom stereocenters. The molecule has 0 aliphatic rings. The van der Waals surface area contributed by atoms with Crippen LogP contribution in [0.25, 0.3) is 10.9 Å². The molecule has 0 saturated heterocycles. The van der Waals surface area contributed by atoms with Gasteiger partial charge in [0.2, 0.25) is 5.91 Å². The summed E-state index contributed by atoms with van der Waals surface area (Å²) in [5.41, 5.74) is 7.29. The van der Waals surface area contributed by atoms with Crippen LogP contribution < -0.4 is 11.1 Å². The summed E-state index contributed by atoms with van der Waals surface area (Å²) in [6, 6.07) is 8.92. The number of nitrogens with zero attached hydrogens (tertiary/aromatic N) is 1. The Bertz CT molecular complexity index is 534. The molecule has 1 heterocycles. The highest BCUT2D eigenvalue weighted by molar-refractivity contribution is 6.02. The highest BCUT2D eigenvalue weighted by Crippen LogP contribution is 2.21. The Morgan fingerprint density at radius 2 is 2.24 bits per heavy atom. The maximum absolute atomic E-state index is 11.7. The second-order valence-electron chi connectivity index (χ2n) is 3.88. The molecule has 1 amide bonds. The lowest BCUT2D eigenvalue weighted by molar-refractivity contribution is -0.117. The number of carbonyl (C=O) groups is 1. The molecule has 0 unspecified atom stereocenters. The minimum Gasteiger partial charge on any atom is -0.324 e. The number of anilines is 1. The lowest BCUT2D eigenvalue weighted by atomic mass is 10.1. The molecule has 0 radical (unpaired) electrons. The maximum atomic E-state index is 11.7. The van der Waals surface area contributed by atoms with E-state index in [4.69, 9.17) is 5.73 Å². The summed E-state index contributed by atoms with van der Waals surface area (Å²) in [6.45, 7) is 1.88. The van der Waals surface area contributed by atoms with E-state index < -0.39 is 6.04 Å². The third-order valence-electron chi connectivity index (χ3n) is 2.68. The predicted octanol–water partition coefficient (Wildman–Crippen LogP) is 1.91. The maximum Gasteiger partial charge on any atom is 0.241 e. The van der Waals surface area contributed by atoms with Crippen LogP contribution in [-0.4, -0.2) is 16.9 Å². The van der Waals surface area contributed by atoms with Crippen LogP contribution in [0, 0.1) is 0 Å². The van der Waals surface area contributed by atoms with Crippen LogP contribution in [0.1, 0.15) is 13.3 Å². The molecule has 4 heteroatoms. The Balaban J connectivity index is 2.33. The average molecular weight is 229 g/mol. The van der Waals surface area contributed by atoms with Crippen molar-refractivity contribution < 1.29 is 4.79 Å². The molecule has 17 heavy (non-hydrogen) atoms. The highest BCUT2D eigenvalue weighted by Gasteiger charge is 2.12. The Morgan fingerprint density at radius 3 is 3.00 bits per heavy atom.